The number of hydrogen-bond donors (Lipinski definition) is 2. The van der Waals surface area contributed by atoms with Gasteiger partial charge in [0.15, 0.2) is 0 Å². The lowest BCUT2D eigenvalue weighted by molar-refractivity contribution is 0.0954. The Hall–Kier alpha value is -2.42. The molecule has 31 heavy (non-hydrogen) atoms. The van der Waals surface area contributed by atoms with E-state index in [9.17, 15) is 13.2 Å². The minimum atomic E-state index is -3.69. The number of ether oxygens (including phenoxy) is 1. The second-order valence-electron chi connectivity index (χ2n) is 7.82. The van der Waals surface area contributed by atoms with Crippen LogP contribution < -0.4 is 15.2 Å². The van der Waals surface area contributed by atoms with Gasteiger partial charge in [0.1, 0.15) is 5.75 Å². The van der Waals surface area contributed by atoms with Gasteiger partial charge < -0.3 is 15.0 Å². The normalized spacial score (nSPS) is 14.9. The number of piperidine rings is 1. The first-order chi connectivity index (χ1) is 14.9. The summed E-state index contributed by atoms with van der Waals surface area (Å²) in [6.07, 6.45) is 5.54. The van der Waals surface area contributed by atoms with Gasteiger partial charge in [-0.25, -0.2) is 13.6 Å². The van der Waals surface area contributed by atoms with Crippen LogP contribution in [0.3, 0.4) is 0 Å². The molecule has 2 aromatic rings. The summed E-state index contributed by atoms with van der Waals surface area (Å²) in [5.41, 5.74) is 1.49. The van der Waals surface area contributed by atoms with E-state index in [1.807, 2.05) is 12.1 Å². The molecule has 1 heterocycles. The molecule has 0 aliphatic carbocycles. The molecule has 7 nitrogen and oxygen atoms in total. The molecule has 1 amide bonds. The maximum atomic E-state index is 12.3. The quantitative estimate of drug-likeness (QED) is 0.547. The van der Waals surface area contributed by atoms with Crippen LogP contribution in [0.25, 0.3) is 0 Å². The molecule has 0 saturated carbocycles. The topological polar surface area (TPSA) is 102 Å². The fourth-order valence-corrected chi connectivity index (χ4v) is 4.15. The largest absolute Gasteiger partial charge is 0.494 e. The van der Waals surface area contributed by atoms with Gasteiger partial charge in [-0.2, -0.15) is 0 Å². The van der Waals surface area contributed by atoms with Gasteiger partial charge in [-0.1, -0.05) is 18.6 Å². The molecule has 8 heteroatoms. The van der Waals surface area contributed by atoms with Crippen LogP contribution in [-0.2, 0) is 16.4 Å². The Kier molecular flexibility index (Phi) is 8.45. The van der Waals surface area contributed by atoms with Crippen LogP contribution in [0.15, 0.2) is 53.4 Å². The molecular weight excluding hydrogens is 414 g/mol. The van der Waals surface area contributed by atoms with E-state index in [1.54, 1.807) is 24.3 Å². The molecule has 0 bridgehead atoms. The molecule has 0 spiro atoms. The molecule has 1 aliphatic rings. The number of primary sulfonamides is 1. The summed E-state index contributed by atoms with van der Waals surface area (Å²) in [5.74, 6) is 0.614. The third kappa shape index (κ3) is 7.65. The van der Waals surface area contributed by atoms with Gasteiger partial charge in [-0.15, -0.1) is 0 Å². The first kappa shape index (κ1) is 23.2. The Morgan fingerprint density at radius 1 is 1.00 bits per heavy atom. The number of sulfonamides is 1. The first-order valence-corrected chi connectivity index (χ1v) is 12.3. The minimum Gasteiger partial charge on any atom is -0.494 e. The lowest BCUT2D eigenvalue weighted by Gasteiger charge is -2.26. The summed E-state index contributed by atoms with van der Waals surface area (Å²) in [6.45, 7) is 4.59. The van der Waals surface area contributed by atoms with Crippen LogP contribution in [0.4, 0.5) is 0 Å². The fourth-order valence-electron chi connectivity index (χ4n) is 3.63. The molecule has 1 fully saturated rings. The summed E-state index contributed by atoms with van der Waals surface area (Å²) >= 11 is 0. The number of likely N-dealkylation sites (tertiary alicyclic amines) is 1. The second-order valence-corrected chi connectivity index (χ2v) is 9.38. The van der Waals surface area contributed by atoms with Gasteiger partial charge in [-0.3, -0.25) is 4.79 Å². The first-order valence-electron chi connectivity index (χ1n) is 10.8. The van der Waals surface area contributed by atoms with Crippen molar-refractivity contribution in [2.24, 2.45) is 5.14 Å². The Morgan fingerprint density at radius 3 is 2.32 bits per heavy atom. The summed E-state index contributed by atoms with van der Waals surface area (Å²) in [5, 5.41) is 7.96. The van der Waals surface area contributed by atoms with E-state index in [0.29, 0.717) is 25.1 Å². The Balaban J connectivity index is 1.36. The highest BCUT2D eigenvalue weighted by Crippen LogP contribution is 2.14. The lowest BCUT2D eigenvalue weighted by atomic mass is 10.1. The van der Waals surface area contributed by atoms with Crippen LogP contribution in [-0.4, -0.2) is 52.0 Å². The van der Waals surface area contributed by atoms with Crippen molar-refractivity contribution in [2.75, 3.05) is 32.8 Å². The minimum absolute atomic E-state index is 0.0779. The average Bonchev–Trinajstić information content (AvgIpc) is 2.77. The molecule has 0 radical (unpaired) electrons. The molecule has 168 valence electrons. The highest BCUT2D eigenvalue weighted by Gasteiger charge is 2.10. The third-order valence-corrected chi connectivity index (χ3v) is 6.33. The maximum absolute atomic E-state index is 12.3. The number of amides is 1. The molecule has 1 saturated heterocycles. The van der Waals surface area contributed by atoms with E-state index < -0.39 is 10.0 Å². The van der Waals surface area contributed by atoms with Crippen molar-refractivity contribution in [3.8, 4) is 5.75 Å². The van der Waals surface area contributed by atoms with Gasteiger partial charge >= 0.3 is 0 Å². The lowest BCUT2D eigenvalue weighted by Crippen LogP contribution is -2.31. The highest BCUT2D eigenvalue weighted by molar-refractivity contribution is 7.89. The van der Waals surface area contributed by atoms with Crippen molar-refractivity contribution in [3.63, 3.8) is 0 Å². The highest BCUT2D eigenvalue weighted by atomic mass is 32.2. The van der Waals surface area contributed by atoms with Crippen LogP contribution in [0.5, 0.6) is 5.75 Å². The summed E-state index contributed by atoms with van der Waals surface area (Å²) in [4.78, 5) is 14.9. The number of nitrogens with one attached hydrogen (secondary N) is 1. The molecule has 3 rings (SSSR count). The molecule has 0 atom stereocenters. The van der Waals surface area contributed by atoms with Crippen LogP contribution in [0, 0.1) is 0 Å². The van der Waals surface area contributed by atoms with Crippen LogP contribution in [0.2, 0.25) is 0 Å². The van der Waals surface area contributed by atoms with Gasteiger partial charge in [0.25, 0.3) is 5.91 Å². The second kappa shape index (κ2) is 11.3. The van der Waals surface area contributed by atoms with Gasteiger partial charge in [-0.05, 0) is 80.7 Å². The number of carbonyl (C=O) groups excluding carboxylic acids is 1. The number of nitrogens with zero attached hydrogens (tertiary/aromatic N) is 1. The third-order valence-electron chi connectivity index (χ3n) is 5.40. The van der Waals surface area contributed by atoms with E-state index in [2.05, 4.69) is 10.2 Å². The van der Waals surface area contributed by atoms with Crippen LogP contribution in [0.1, 0.15) is 41.6 Å². The molecule has 1 aliphatic heterocycles. The molecule has 2 aromatic carbocycles. The van der Waals surface area contributed by atoms with Gasteiger partial charge in [0.05, 0.1) is 11.5 Å². The standard InChI is InChI=1S/C23H31N3O4S/c24-31(28,29)22-11-5-19(6-12-22)13-14-25-23(27)20-7-9-21(10-8-20)30-18-4-17-26-15-2-1-3-16-26/h5-12H,1-4,13-18H2,(H,25,27)(H2,24,28,29). The van der Waals surface area contributed by atoms with Crippen molar-refractivity contribution in [1.82, 2.24) is 10.2 Å². The predicted octanol–water partition coefficient (Wildman–Crippen LogP) is 2.56. The summed E-state index contributed by atoms with van der Waals surface area (Å²) < 4.78 is 28.3. The van der Waals surface area contributed by atoms with E-state index >= 15 is 0 Å². The number of hydrogen-bond acceptors (Lipinski definition) is 5. The summed E-state index contributed by atoms with van der Waals surface area (Å²) in [6, 6.07) is 13.5. The zero-order valence-corrected chi connectivity index (χ0v) is 18.6. The van der Waals surface area contributed by atoms with E-state index in [0.717, 1.165) is 24.3 Å². The SMILES string of the molecule is NS(=O)(=O)c1ccc(CCNC(=O)c2ccc(OCCCN3CCCCC3)cc2)cc1. The average molecular weight is 446 g/mol. The molecule has 0 unspecified atom stereocenters. The van der Waals surface area contributed by atoms with Gasteiger partial charge in [0, 0.05) is 18.7 Å². The van der Waals surface area contributed by atoms with E-state index in [-0.39, 0.29) is 10.8 Å². The van der Waals surface area contributed by atoms with Crippen molar-refractivity contribution >= 4 is 15.9 Å². The number of rotatable bonds is 10. The Morgan fingerprint density at radius 2 is 1.68 bits per heavy atom. The number of carbonyl (C=O) groups is 1. The Labute approximate surface area is 184 Å². The van der Waals surface area contributed by atoms with Crippen molar-refractivity contribution in [2.45, 2.75) is 37.0 Å². The fraction of sp³-hybridized carbons (Fsp3) is 0.435. The van der Waals surface area contributed by atoms with Crippen LogP contribution >= 0.6 is 0 Å². The Bertz CT molecular complexity index is 938. The monoisotopic (exact) mass is 445 g/mol. The van der Waals surface area contributed by atoms with Crippen molar-refractivity contribution in [1.29, 1.82) is 0 Å². The molecule has 0 aromatic heterocycles. The maximum Gasteiger partial charge on any atom is 0.251 e. The zero-order chi connectivity index (χ0) is 22.1. The smallest absolute Gasteiger partial charge is 0.251 e. The number of nitrogens with two attached hydrogens (primary N) is 1. The van der Waals surface area contributed by atoms with Crippen molar-refractivity contribution in [3.05, 3.63) is 59.7 Å². The van der Waals surface area contributed by atoms with E-state index in [4.69, 9.17) is 9.88 Å². The number of benzene rings is 2. The van der Waals surface area contributed by atoms with Gasteiger partial charge in [0.2, 0.25) is 10.0 Å². The van der Waals surface area contributed by atoms with E-state index in [1.165, 1.54) is 44.5 Å². The molecular formula is C23H31N3O4S. The van der Waals surface area contributed by atoms with Crippen molar-refractivity contribution < 1.29 is 17.9 Å². The summed E-state index contributed by atoms with van der Waals surface area (Å²) in [7, 11) is -3.69. The predicted molar refractivity (Wildman–Crippen MR) is 121 cm³/mol. The zero-order valence-electron chi connectivity index (χ0n) is 17.8. The molecule has 3 N–H and O–H groups in total.